The zero-order valence-corrected chi connectivity index (χ0v) is 21.9. The highest BCUT2D eigenvalue weighted by Gasteiger charge is 2.16. The van der Waals surface area contributed by atoms with E-state index in [9.17, 15) is 0 Å². The van der Waals surface area contributed by atoms with Gasteiger partial charge in [0.15, 0.2) is 5.65 Å². The van der Waals surface area contributed by atoms with E-state index in [-0.39, 0.29) is 0 Å². The second-order valence-electron chi connectivity index (χ2n) is 9.64. The van der Waals surface area contributed by atoms with Crippen LogP contribution in [0, 0.1) is 20.8 Å². The summed E-state index contributed by atoms with van der Waals surface area (Å²) in [5, 5.41) is 14.8. The van der Waals surface area contributed by atoms with Crippen LogP contribution in [0.3, 0.4) is 0 Å². The third-order valence-electron chi connectivity index (χ3n) is 6.82. The van der Waals surface area contributed by atoms with Crippen LogP contribution in [0.4, 0.5) is 0 Å². The van der Waals surface area contributed by atoms with Crippen LogP contribution in [0.2, 0.25) is 0 Å². The van der Waals surface area contributed by atoms with Crippen molar-refractivity contribution in [3.8, 4) is 33.8 Å². The molecule has 0 radical (unpaired) electrons. The van der Waals surface area contributed by atoms with Gasteiger partial charge < -0.3 is 4.57 Å². The molecule has 8 nitrogen and oxygen atoms in total. The Labute approximate surface area is 220 Å². The highest BCUT2D eigenvalue weighted by Crippen LogP contribution is 2.33. The van der Waals surface area contributed by atoms with E-state index in [2.05, 4.69) is 101 Å². The minimum Gasteiger partial charge on any atom is -0.308 e. The number of hydrogen-bond acceptors (Lipinski definition) is 6. The molecule has 6 rings (SSSR count). The molecule has 0 spiro atoms. The van der Waals surface area contributed by atoms with Crippen LogP contribution < -0.4 is 0 Å². The third-order valence-corrected chi connectivity index (χ3v) is 6.82. The van der Waals surface area contributed by atoms with Crippen LogP contribution in [0.15, 0.2) is 66.9 Å². The summed E-state index contributed by atoms with van der Waals surface area (Å²) in [5.74, 6) is 1.56. The second-order valence-corrected chi connectivity index (χ2v) is 9.64. The average molecular weight is 501 g/mol. The van der Waals surface area contributed by atoms with Crippen molar-refractivity contribution < 1.29 is 0 Å². The Hall–Kier alpha value is -4.72. The highest BCUT2D eigenvalue weighted by molar-refractivity contribution is 5.83. The number of fused-ring (bicyclic) bond motifs is 1. The lowest BCUT2D eigenvalue weighted by molar-refractivity contribution is 0.743. The molecule has 2 aromatic carbocycles. The molecule has 0 atom stereocenters. The minimum absolute atomic E-state index is 0.538. The number of imidazole rings is 1. The van der Waals surface area contributed by atoms with Crippen LogP contribution in [0.1, 0.15) is 35.1 Å². The quantitative estimate of drug-likeness (QED) is 0.307. The standard InChI is InChI=1S/C30H28N8/c1-5-27-33-28-19(3)14-20(4)32-30(28)38(27)17-21-9-12-26(31-16-21)25-15-23(22-8-6-7-18(2)13-22)10-11-24(25)29-34-36-37-35-29/h6-16H,5,17H2,1-4H3,(H,34,35,36,37). The maximum absolute atomic E-state index is 4.88. The molecule has 0 saturated carbocycles. The first-order chi connectivity index (χ1) is 18.5. The van der Waals surface area contributed by atoms with Gasteiger partial charge in [-0.2, -0.15) is 5.21 Å². The Kier molecular flexibility index (Phi) is 5.99. The third kappa shape index (κ3) is 4.34. The average Bonchev–Trinajstić information content (AvgIpc) is 3.58. The largest absolute Gasteiger partial charge is 0.308 e. The molecule has 6 aromatic rings. The number of aryl methyl sites for hydroxylation is 4. The fourth-order valence-corrected chi connectivity index (χ4v) is 4.98. The lowest BCUT2D eigenvalue weighted by atomic mass is 9.95. The zero-order valence-electron chi connectivity index (χ0n) is 21.9. The molecule has 8 heteroatoms. The number of hydrogen-bond donors (Lipinski definition) is 1. The van der Waals surface area contributed by atoms with Crippen molar-refractivity contribution >= 4 is 11.2 Å². The van der Waals surface area contributed by atoms with Gasteiger partial charge in [-0.3, -0.25) is 4.98 Å². The molecule has 0 aliphatic carbocycles. The predicted octanol–water partition coefficient (Wildman–Crippen LogP) is 5.88. The fourth-order valence-electron chi connectivity index (χ4n) is 4.98. The number of benzene rings is 2. The predicted molar refractivity (Wildman–Crippen MR) is 148 cm³/mol. The van der Waals surface area contributed by atoms with Gasteiger partial charge in [0.25, 0.3) is 0 Å². The highest BCUT2D eigenvalue weighted by atomic mass is 15.5. The van der Waals surface area contributed by atoms with E-state index in [1.54, 1.807) is 0 Å². The van der Waals surface area contributed by atoms with Gasteiger partial charge in [-0.15, -0.1) is 10.2 Å². The van der Waals surface area contributed by atoms with Crippen molar-refractivity contribution in [2.24, 2.45) is 0 Å². The van der Waals surface area contributed by atoms with Gasteiger partial charge in [0.2, 0.25) is 5.82 Å². The molecule has 0 fully saturated rings. The van der Waals surface area contributed by atoms with E-state index in [0.717, 1.165) is 68.2 Å². The molecule has 0 bridgehead atoms. The molecule has 188 valence electrons. The fraction of sp³-hybridized carbons (Fsp3) is 0.200. The Morgan fingerprint density at radius 2 is 1.74 bits per heavy atom. The van der Waals surface area contributed by atoms with Crippen LogP contribution in [0.25, 0.3) is 44.9 Å². The van der Waals surface area contributed by atoms with E-state index in [1.807, 2.05) is 19.2 Å². The summed E-state index contributed by atoms with van der Waals surface area (Å²) in [4.78, 5) is 14.6. The zero-order chi connectivity index (χ0) is 26.2. The van der Waals surface area contributed by atoms with Gasteiger partial charge in [0.05, 0.1) is 12.2 Å². The van der Waals surface area contributed by atoms with Gasteiger partial charge in [0.1, 0.15) is 11.3 Å². The number of nitrogens with zero attached hydrogens (tertiary/aromatic N) is 7. The summed E-state index contributed by atoms with van der Waals surface area (Å²) in [5.41, 5.74) is 11.3. The van der Waals surface area contributed by atoms with Gasteiger partial charge in [-0.1, -0.05) is 48.9 Å². The van der Waals surface area contributed by atoms with Crippen LogP contribution in [-0.2, 0) is 13.0 Å². The van der Waals surface area contributed by atoms with Crippen LogP contribution in [-0.4, -0.2) is 40.1 Å². The summed E-state index contributed by atoms with van der Waals surface area (Å²) in [6.45, 7) is 9.00. The summed E-state index contributed by atoms with van der Waals surface area (Å²) in [6.07, 6.45) is 2.77. The molecule has 0 amide bonds. The normalized spacial score (nSPS) is 11.4. The van der Waals surface area contributed by atoms with E-state index < -0.39 is 0 Å². The number of pyridine rings is 2. The lowest BCUT2D eigenvalue weighted by Gasteiger charge is -2.12. The minimum atomic E-state index is 0.538. The van der Waals surface area contributed by atoms with Crippen molar-refractivity contribution in [2.45, 2.75) is 40.7 Å². The topological polar surface area (TPSA) is 98.1 Å². The molecule has 0 saturated heterocycles. The molecule has 0 aliphatic rings. The van der Waals surface area contributed by atoms with Crippen LogP contribution >= 0.6 is 0 Å². The van der Waals surface area contributed by atoms with Gasteiger partial charge in [-0.05, 0) is 72.5 Å². The molecule has 38 heavy (non-hydrogen) atoms. The van der Waals surface area contributed by atoms with Crippen molar-refractivity contribution in [3.63, 3.8) is 0 Å². The number of H-pyrrole nitrogens is 1. The van der Waals surface area contributed by atoms with Crippen molar-refractivity contribution in [3.05, 3.63) is 95.1 Å². The van der Waals surface area contributed by atoms with E-state index in [0.29, 0.717) is 12.4 Å². The molecule has 0 aliphatic heterocycles. The van der Waals surface area contributed by atoms with E-state index in [1.165, 1.54) is 5.56 Å². The van der Waals surface area contributed by atoms with E-state index in [4.69, 9.17) is 15.0 Å². The van der Waals surface area contributed by atoms with Gasteiger partial charge in [-0.25, -0.2) is 9.97 Å². The van der Waals surface area contributed by atoms with Crippen LogP contribution in [0.5, 0.6) is 0 Å². The molecular formula is C30H28N8. The Morgan fingerprint density at radius 1 is 0.868 bits per heavy atom. The first-order valence-electron chi connectivity index (χ1n) is 12.7. The first-order valence-corrected chi connectivity index (χ1v) is 12.7. The second kappa shape index (κ2) is 9.63. The number of tetrazole rings is 1. The molecular weight excluding hydrogens is 472 g/mol. The molecule has 0 unspecified atom stereocenters. The van der Waals surface area contributed by atoms with Gasteiger partial charge in [0, 0.05) is 29.4 Å². The first kappa shape index (κ1) is 23.7. The molecule has 4 aromatic heterocycles. The summed E-state index contributed by atoms with van der Waals surface area (Å²) in [7, 11) is 0. The number of rotatable bonds is 6. The number of nitrogens with one attached hydrogen (secondary N) is 1. The monoisotopic (exact) mass is 500 g/mol. The maximum atomic E-state index is 4.88. The number of aromatic nitrogens is 8. The summed E-state index contributed by atoms with van der Waals surface area (Å²) in [6, 6.07) is 21.0. The summed E-state index contributed by atoms with van der Waals surface area (Å²) < 4.78 is 2.20. The van der Waals surface area contributed by atoms with Crippen molar-refractivity contribution in [1.82, 2.24) is 40.1 Å². The maximum Gasteiger partial charge on any atom is 0.205 e. The van der Waals surface area contributed by atoms with Gasteiger partial charge >= 0.3 is 0 Å². The van der Waals surface area contributed by atoms with Crippen molar-refractivity contribution in [1.29, 1.82) is 0 Å². The summed E-state index contributed by atoms with van der Waals surface area (Å²) >= 11 is 0. The molecule has 1 N–H and O–H groups in total. The lowest BCUT2D eigenvalue weighted by Crippen LogP contribution is -2.06. The smallest absolute Gasteiger partial charge is 0.205 e. The molecule has 4 heterocycles. The van der Waals surface area contributed by atoms with E-state index >= 15 is 0 Å². The Morgan fingerprint density at radius 3 is 2.47 bits per heavy atom. The van der Waals surface area contributed by atoms with Crippen molar-refractivity contribution in [2.75, 3.05) is 0 Å². The Balaban J connectivity index is 1.40. The number of aromatic amines is 1. The Bertz CT molecular complexity index is 1750. The SMILES string of the molecule is CCc1nc2c(C)cc(C)nc2n1Cc1ccc(-c2cc(-c3cccc(C)c3)ccc2-c2nn[nH]n2)nc1.